The highest BCUT2D eigenvalue weighted by Crippen LogP contribution is 2.28. The van der Waals surface area contributed by atoms with Crippen LogP contribution in [0.3, 0.4) is 0 Å². The summed E-state index contributed by atoms with van der Waals surface area (Å²) in [5, 5.41) is 16.3. The van der Waals surface area contributed by atoms with Crippen molar-refractivity contribution in [2.24, 2.45) is 5.41 Å². The van der Waals surface area contributed by atoms with E-state index in [1.165, 1.54) is 11.3 Å². The third-order valence-corrected chi connectivity index (χ3v) is 4.14. The number of carbonyl (C=O) groups excluding carboxylic acids is 1. The van der Waals surface area contributed by atoms with E-state index >= 15 is 0 Å². The van der Waals surface area contributed by atoms with Gasteiger partial charge in [0.05, 0.1) is 0 Å². The average Bonchev–Trinajstić information content (AvgIpc) is 3.01. The number of amides is 1. The van der Waals surface area contributed by atoms with Crippen LogP contribution in [0.25, 0.3) is 15.5 Å². The predicted octanol–water partition coefficient (Wildman–Crippen LogP) is 3.15. The van der Waals surface area contributed by atoms with Crippen LogP contribution in [0.2, 0.25) is 0 Å². The molecule has 2 heterocycles. The number of rotatable bonds is 2. The first-order valence-electron chi connectivity index (χ1n) is 6.95. The molecule has 0 aliphatic rings. The smallest absolute Gasteiger partial charge is 0.234 e. The molecular weight excluding hydrogens is 298 g/mol. The first-order valence-corrected chi connectivity index (χ1v) is 7.77. The summed E-state index contributed by atoms with van der Waals surface area (Å²) in [5.41, 5.74) is 1.28. The lowest BCUT2D eigenvalue weighted by molar-refractivity contribution is -0.123. The van der Waals surface area contributed by atoms with Crippen molar-refractivity contribution in [3.05, 3.63) is 30.1 Å². The van der Waals surface area contributed by atoms with Gasteiger partial charge in [0, 0.05) is 16.7 Å². The Morgan fingerprint density at radius 3 is 2.73 bits per heavy atom. The van der Waals surface area contributed by atoms with Crippen LogP contribution in [0.4, 0.5) is 5.69 Å². The van der Waals surface area contributed by atoms with Gasteiger partial charge in [-0.25, -0.2) is 0 Å². The number of aromatic nitrogens is 4. The molecule has 1 aromatic carbocycles. The fourth-order valence-corrected chi connectivity index (χ4v) is 2.76. The molecule has 7 heteroatoms. The largest absolute Gasteiger partial charge is 0.326 e. The molecule has 0 fully saturated rings. The SMILES string of the molecule is Cc1nnc2sc(-c3cccc(NC(=O)C(C)(C)C)c3)nn12. The van der Waals surface area contributed by atoms with Crippen LogP contribution < -0.4 is 5.32 Å². The second kappa shape index (κ2) is 5.17. The minimum atomic E-state index is -0.430. The minimum absolute atomic E-state index is 0.0152. The van der Waals surface area contributed by atoms with E-state index in [-0.39, 0.29) is 5.91 Å². The van der Waals surface area contributed by atoms with Crippen LogP contribution in [-0.2, 0) is 4.79 Å². The van der Waals surface area contributed by atoms with Gasteiger partial charge in [-0.05, 0) is 19.1 Å². The van der Waals surface area contributed by atoms with Gasteiger partial charge >= 0.3 is 0 Å². The lowest BCUT2D eigenvalue weighted by Gasteiger charge is -2.17. The van der Waals surface area contributed by atoms with E-state index in [1.807, 2.05) is 52.0 Å². The van der Waals surface area contributed by atoms with E-state index in [4.69, 9.17) is 0 Å². The van der Waals surface area contributed by atoms with Gasteiger partial charge in [-0.3, -0.25) is 4.79 Å². The number of benzene rings is 1. The minimum Gasteiger partial charge on any atom is -0.326 e. The number of anilines is 1. The molecular formula is C15H17N5OS. The van der Waals surface area contributed by atoms with Crippen LogP contribution >= 0.6 is 11.3 Å². The molecule has 0 unspecified atom stereocenters. The van der Waals surface area contributed by atoms with E-state index < -0.39 is 5.41 Å². The lowest BCUT2D eigenvalue weighted by atomic mass is 9.95. The molecule has 0 aliphatic heterocycles. The summed E-state index contributed by atoms with van der Waals surface area (Å²) < 4.78 is 1.72. The molecule has 0 saturated carbocycles. The molecule has 2 aromatic heterocycles. The van der Waals surface area contributed by atoms with Crippen LogP contribution in [-0.4, -0.2) is 25.7 Å². The molecule has 3 rings (SSSR count). The molecule has 6 nitrogen and oxygen atoms in total. The average molecular weight is 315 g/mol. The zero-order valence-corrected chi connectivity index (χ0v) is 13.7. The monoisotopic (exact) mass is 315 g/mol. The van der Waals surface area contributed by atoms with Gasteiger partial charge in [-0.1, -0.05) is 44.2 Å². The Morgan fingerprint density at radius 2 is 2.05 bits per heavy atom. The van der Waals surface area contributed by atoms with Gasteiger partial charge in [-0.2, -0.15) is 9.61 Å². The van der Waals surface area contributed by atoms with Gasteiger partial charge in [0.2, 0.25) is 10.9 Å². The van der Waals surface area contributed by atoms with Crippen molar-refractivity contribution in [1.29, 1.82) is 0 Å². The number of hydrogen-bond donors (Lipinski definition) is 1. The fourth-order valence-electron chi connectivity index (χ4n) is 1.88. The summed E-state index contributed by atoms with van der Waals surface area (Å²) in [7, 11) is 0. The first-order chi connectivity index (χ1) is 10.3. The summed E-state index contributed by atoms with van der Waals surface area (Å²) in [6.07, 6.45) is 0. The Hall–Kier alpha value is -2.28. The molecule has 0 spiro atoms. The number of aryl methyl sites for hydroxylation is 1. The van der Waals surface area contributed by atoms with Crippen molar-refractivity contribution in [2.75, 3.05) is 5.32 Å². The van der Waals surface area contributed by atoms with Crippen molar-refractivity contribution < 1.29 is 4.79 Å². The first kappa shape index (κ1) is 14.6. The van der Waals surface area contributed by atoms with Gasteiger partial charge < -0.3 is 5.32 Å². The molecule has 0 bridgehead atoms. The maximum absolute atomic E-state index is 12.1. The zero-order chi connectivity index (χ0) is 15.9. The second-order valence-electron chi connectivity index (χ2n) is 6.13. The van der Waals surface area contributed by atoms with Crippen LogP contribution in [0, 0.1) is 12.3 Å². The third-order valence-electron chi connectivity index (χ3n) is 3.20. The molecule has 114 valence electrons. The molecule has 1 N–H and O–H groups in total. The maximum Gasteiger partial charge on any atom is 0.234 e. The maximum atomic E-state index is 12.1. The second-order valence-corrected chi connectivity index (χ2v) is 7.09. The Balaban J connectivity index is 1.92. The molecule has 22 heavy (non-hydrogen) atoms. The zero-order valence-electron chi connectivity index (χ0n) is 12.9. The van der Waals surface area contributed by atoms with Crippen molar-refractivity contribution in [1.82, 2.24) is 19.8 Å². The Morgan fingerprint density at radius 1 is 1.27 bits per heavy atom. The Labute approximate surface area is 132 Å². The highest BCUT2D eigenvalue weighted by atomic mass is 32.1. The number of carbonyl (C=O) groups is 1. The van der Waals surface area contributed by atoms with Crippen LogP contribution in [0.15, 0.2) is 24.3 Å². The van der Waals surface area contributed by atoms with Gasteiger partial charge in [-0.15, -0.1) is 10.2 Å². The molecule has 1 amide bonds. The number of nitrogens with one attached hydrogen (secondary N) is 1. The van der Waals surface area contributed by atoms with Crippen molar-refractivity contribution in [3.8, 4) is 10.6 Å². The van der Waals surface area contributed by atoms with Gasteiger partial charge in [0.1, 0.15) is 5.01 Å². The quantitative estimate of drug-likeness (QED) is 0.788. The van der Waals surface area contributed by atoms with E-state index in [0.717, 1.165) is 27.0 Å². The summed E-state index contributed by atoms with van der Waals surface area (Å²) in [4.78, 5) is 12.8. The molecule has 3 aromatic rings. The summed E-state index contributed by atoms with van der Waals surface area (Å²) in [5.74, 6) is 0.744. The van der Waals surface area contributed by atoms with E-state index in [2.05, 4.69) is 20.6 Å². The van der Waals surface area contributed by atoms with Gasteiger partial charge in [0.15, 0.2) is 5.82 Å². The number of nitrogens with zero attached hydrogens (tertiary/aromatic N) is 4. The Bertz CT molecular complexity index is 843. The van der Waals surface area contributed by atoms with E-state index in [1.54, 1.807) is 4.52 Å². The van der Waals surface area contributed by atoms with Crippen molar-refractivity contribution in [3.63, 3.8) is 0 Å². The number of hydrogen-bond acceptors (Lipinski definition) is 5. The van der Waals surface area contributed by atoms with Crippen molar-refractivity contribution in [2.45, 2.75) is 27.7 Å². The predicted molar refractivity (Wildman–Crippen MR) is 86.9 cm³/mol. The molecule has 0 aliphatic carbocycles. The normalized spacial score (nSPS) is 11.8. The Kier molecular flexibility index (Phi) is 3.44. The summed E-state index contributed by atoms with van der Waals surface area (Å²) >= 11 is 1.47. The molecule has 0 radical (unpaired) electrons. The highest BCUT2D eigenvalue weighted by molar-refractivity contribution is 7.19. The van der Waals surface area contributed by atoms with E-state index in [9.17, 15) is 4.79 Å². The molecule has 0 atom stereocenters. The summed E-state index contributed by atoms with van der Waals surface area (Å²) in [6.45, 7) is 7.52. The van der Waals surface area contributed by atoms with Crippen molar-refractivity contribution >= 4 is 27.9 Å². The van der Waals surface area contributed by atoms with Gasteiger partial charge in [0.25, 0.3) is 0 Å². The van der Waals surface area contributed by atoms with Crippen LogP contribution in [0.5, 0.6) is 0 Å². The standard InChI is InChI=1S/C15H17N5OS/c1-9-17-18-14-20(9)19-12(22-14)10-6-5-7-11(8-10)16-13(21)15(2,3)4/h5-8H,1-4H3,(H,16,21). The number of fused-ring (bicyclic) bond motifs is 1. The topological polar surface area (TPSA) is 72.2 Å². The third kappa shape index (κ3) is 2.71. The molecule has 0 saturated heterocycles. The van der Waals surface area contributed by atoms with Crippen LogP contribution in [0.1, 0.15) is 26.6 Å². The fraction of sp³-hybridized carbons (Fsp3) is 0.333. The lowest BCUT2D eigenvalue weighted by Crippen LogP contribution is -2.27. The summed E-state index contributed by atoms with van der Waals surface area (Å²) in [6, 6.07) is 7.67. The highest BCUT2D eigenvalue weighted by Gasteiger charge is 2.21. The van der Waals surface area contributed by atoms with E-state index in [0.29, 0.717) is 0 Å².